The molecule has 0 saturated carbocycles. The van der Waals surface area contributed by atoms with Gasteiger partial charge in [-0.15, -0.1) is 11.3 Å². The van der Waals surface area contributed by atoms with Gasteiger partial charge in [0.05, 0.1) is 3.79 Å². The standard InChI is InChI=1S/C18H22BrNS/c1-13(14-6-3-2-4-7-14)10-11-20-16-8-5-9-17-15(16)12-18(19)21-17/h2-4,6-7,12-13,16,20H,5,8-11H2,1H3. The fraction of sp³-hybridized carbons (Fsp3) is 0.444. The van der Waals surface area contributed by atoms with Crippen LogP contribution in [0.15, 0.2) is 40.2 Å². The molecule has 0 fully saturated rings. The maximum Gasteiger partial charge on any atom is 0.0704 e. The van der Waals surface area contributed by atoms with Crippen LogP contribution in [0.25, 0.3) is 0 Å². The van der Waals surface area contributed by atoms with Crippen LogP contribution in [0.1, 0.15) is 54.1 Å². The minimum atomic E-state index is 0.555. The van der Waals surface area contributed by atoms with Crippen molar-refractivity contribution < 1.29 is 0 Å². The monoisotopic (exact) mass is 363 g/mol. The highest BCUT2D eigenvalue weighted by molar-refractivity contribution is 9.11. The number of hydrogen-bond donors (Lipinski definition) is 1. The highest BCUT2D eigenvalue weighted by Gasteiger charge is 2.22. The molecule has 0 saturated heterocycles. The predicted octanol–water partition coefficient (Wildman–Crippen LogP) is 5.67. The molecule has 0 radical (unpaired) electrons. The van der Waals surface area contributed by atoms with Crippen LogP contribution in [0.4, 0.5) is 0 Å². The Balaban J connectivity index is 1.54. The third-order valence-electron chi connectivity index (χ3n) is 4.42. The van der Waals surface area contributed by atoms with E-state index in [1.807, 2.05) is 11.3 Å². The van der Waals surface area contributed by atoms with Gasteiger partial charge in [0.1, 0.15) is 0 Å². The summed E-state index contributed by atoms with van der Waals surface area (Å²) in [7, 11) is 0. The molecular formula is C18H22BrNS. The number of benzene rings is 1. The fourth-order valence-corrected chi connectivity index (χ4v) is 4.98. The molecule has 1 heterocycles. The molecule has 2 aromatic rings. The van der Waals surface area contributed by atoms with Crippen LogP contribution in [0.3, 0.4) is 0 Å². The molecule has 1 aliphatic carbocycles. The largest absolute Gasteiger partial charge is 0.310 e. The van der Waals surface area contributed by atoms with E-state index < -0.39 is 0 Å². The Morgan fingerprint density at radius 1 is 1.33 bits per heavy atom. The van der Waals surface area contributed by atoms with E-state index in [-0.39, 0.29) is 0 Å². The maximum atomic E-state index is 3.78. The zero-order valence-electron chi connectivity index (χ0n) is 12.4. The summed E-state index contributed by atoms with van der Waals surface area (Å²) in [4.78, 5) is 1.57. The summed E-state index contributed by atoms with van der Waals surface area (Å²) in [5.41, 5.74) is 2.98. The molecule has 3 heteroatoms. The summed E-state index contributed by atoms with van der Waals surface area (Å²) in [6, 6.07) is 13.7. The van der Waals surface area contributed by atoms with E-state index in [0.29, 0.717) is 12.0 Å². The summed E-state index contributed by atoms with van der Waals surface area (Å²) < 4.78 is 1.28. The minimum Gasteiger partial charge on any atom is -0.310 e. The van der Waals surface area contributed by atoms with Crippen LogP contribution < -0.4 is 5.32 Å². The molecule has 112 valence electrons. The van der Waals surface area contributed by atoms with E-state index in [9.17, 15) is 0 Å². The first-order chi connectivity index (χ1) is 10.2. The summed E-state index contributed by atoms with van der Waals surface area (Å²) in [6.45, 7) is 3.41. The lowest BCUT2D eigenvalue weighted by Gasteiger charge is -2.24. The molecule has 1 aromatic carbocycles. The molecule has 2 unspecified atom stereocenters. The number of hydrogen-bond acceptors (Lipinski definition) is 2. The first-order valence-corrected chi connectivity index (χ1v) is 9.41. The van der Waals surface area contributed by atoms with Gasteiger partial charge in [0, 0.05) is 10.9 Å². The summed E-state index contributed by atoms with van der Waals surface area (Å²) in [5, 5.41) is 3.78. The van der Waals surface area contributed by atoms with Crippen molar-refractivity contribution in [2.24, 2.45) is 0 Å². The van der Waals surface area contributed by atoms with Gasteiger partial charge >= 0.3 is 0 Å². The first-order valence-electron chi connectivity index (χ1n) is 7.80. The number of halogens is 1. The third kappa shape index (κ3) is 3.77. The molecule has 1 nitrogen and oxygen atoms in total. The fourth-order valence-electron chi connectivity index (χ4n) is 3.16. The maximum absolute atomic E-state index is 3.78. The van der Waals surface area contributed by atoms with Crippen molar-refractivity contribution in [1.82, 2.24) is 5.32 Å². The van der Waals surface area contributed by atoms with Gasteiger partial charge in [0.2, 0.25) is 0 Å². The molecule has 21 heavy (non-hydrogen) atoms. The molecule has 0 amide bonds. The van der Waals surface area contributed by atoms with Crippen LogP contribution in [0, 0.1) is 0 Å². The van der Waals surface area contributed by atoms with Gasteiger partial charge in [-0.2, -0.15) is 0 Å². The van der Waals surface area contributed by atoms with Crippen LogP contribution in [-0.2, 0) is 6.42 Å². The minimum absolute atomic E-state index is 0.555. The van der Waals surface area contributed by atoms with E-state index in [1.165, 1.54) is 40.6 Å². The number of fused-ring (bicyclic) bond motifs is 1. The van der Waals surface area contributed by atoms with E-state index in [4.69, 9.17) is 0 Å². The van der Waals surface area contributed by atoms with Crippen LogP contribution in [0.2, 0.25) is 0 Å². The normalized spacial score (nSPS) is 19.2. The zero-order chi connectivity index (χ0) is 14.7. The Kier molecular flexibility index (Phi) is 5.15. The topological polar surface area (TPSA) is 12.0 Å². The molecule has 3 rings (SSSR count). The number of aryl methyl sites for hydroxylation is 1. The smallest absolute Gasteiger partial charge is 0.0704 e. The van der Waals surface area contributed by atoms with Crippen molar-refractivity contribution in [2.75, 3.05) is 6.54 Å². The quantitative estimate of drug-likeness (QED) is 0.721. The second kappa shape index (κ2) is 7.08. The Labute approximate surface area is 139 Å². The molecule has 0 aliphatic heterocycles. The van der Waals surface area contributed by atoms with Gasteiger partial charge in [-0.1, -0.05) is 37.3 Å². The molecule has 0 spiro atoms. The molecular weight excluding hydrogens is 342 g/mol. The van der Waals surface area contributed by atoms with Crippen molar-refractivity contribution in [1.29, 1.82) is 0 Å². The third-order valence-corrected chi connectivity index (χ3v) is 6.13. The van der Waals surface area contributed by atoms with Crippen molar-refractivity contribution in [3.8, 4) is 0 Å². The lowest BCUT2D eigenvalue weighted by atomic mass is 9.93. The first kappa shape index (κ1) is 15.3. The molecule has 1 aliphatic rings. The Morgan fingerprint density at radius 3 is 2.95 bits per heavy atom. The van der Waals surface area contributed by atoms with E-state index in [2.05, 4.69) is 64.6 Å². The SMILES string of the molecule is CC(CCNC1CCCc2sc(Br)cc21)c1ccccc1. The highest BCUT2D eigenvalue weighted by Crippen LogP contribution is 2.38. The summed E-state index contributed by atoms with van der Waals surface area (Å²) in [6.07, 6.45) is 5.03. The average Bonchev–Trinajstić information content (AvgIpc) is 2.89. The van der Waals surface area contributed by atoms with Crippen molar-refractivity contribution in [3.05, 3.63) is 56.2 Å². The summed E-state index contributed by atoms with van der Waals surface area (Å²) in [5.74, 6) is 0.621. The van der Waals surface area contributed by atoms with E-state index in [1.54, 1.807) is 4.88 Å². The van der Waals surface area contributed by atoms with Gasteiger partial charge in [0.25, 0.3) is 0 Å². The predicted molar refractivity (Wildman–Crippen MR) is 95.2 cm³/mol. The highest BCUT2D eigenvalue weighted by atomic mass is 79.9. The number of rotatable bonds is 5. The van der Waals surface area contributed by atoms with Crippen LogP contribution >= 0.6 is 27.3 Å². The van der Waals surface area contributed by atoms with Gasteiger partial charge in [-0.05, 0) is 71.3 Å². The zero-order valence-corrected chi connectivity index (χ0v) is 14.8. The number of nitrogens with one attached hydrogen (secondary N) is 1. The van der Waals surface area contributed by atoms with Crippen molar-refractivity contribution in [3.63, 3.8) is 0 Å². The second-order valence-corrected chi connectivity index (χ2v) is 8.44. The molecule has 0 bridgehead atoms. The van der Waals surface area contributed by atoms with Gasteiger partial charge in [-0.3, -0.25) is 0 Å². The molecule has 2 atom stereocenters. The van der Waals surface area contributed by atoms with Gasteiger partial charge in [0.15, 0.2) is 0 Å². The average molecular weight is 364 g/mol. The van der Waals surface area contributed by atoms with Crippen LogP contribution in [-0.4, -0.2) is 6.54 Å². The second-order valence-electron chi connectivity index (χ2n) is 5.93. The van der Waals surface area contributed by atoms with Crippen molar-refractivity contribution >= 4 is 27.3 Å². The Bertz CT molecular complexity index is 578. The van der Waals surface area contributed by atoms with Crippen molar-refractivity contribution in [2.45, 2.75) is 44.6 Å². The van der Waals surface area contributed by atoms with E-state index >= 15 is 0 Å². The van der Waals surface area contributed by atoms with Gasteiger partial charge in [-0.25, -0.2) is 0 Å². The number of thiophene rings is 1. The Morgan fingerprint density at radius 2 is 2.14 bits per heavy atom. The lowest BCUT2D eigenvalue weighted by Crippen LogP contribution is -2.26. The van der Waals surface area contributed by atoms with Gasteiger partial charge < -0.3 is 5.32 Å². The Hall–Kier alpha value is -0.640. The molecule has 1 aromatic heterocycles. The molecule has 1 N–H and O–H groups in total. The lowest BCUT2D eigenvalue weighted by molar-refractivity contribution is 0.450. The van der Waals surface area contributed by atoms with E-state index in [0.717, 1.165) is 6.54 Å². The van der Waals surface area contributed by atoms with Crippen LogP contribution in [0.5, 0.6) is 0 Å². The summed E-state index contributed by atoms with van der Waals surface area (Å²) >= 11 is 5.54.